The van der Waals surface area contributed by atoms with E-state index in [0.29, 0.717) is 66.1 Å². The van der Waals surface area contributed by atoms with Gasteiger partial charge in [-0.1, -0.05) is 82.9 Å². The van der Waals surface area contributed by atoms with Crippen molar-refractivity contribution in [1.82, 2.24) is 0 Å². The molecule has 0 spiro atoms. The van der Waals surface area contributed by atoms with Crippen molar-refractivity contribution in [2.45, 2.75) is 76.0 Å². The first kappa shape index (κ1) is 36.9. The van der Waals surface area contributed by atoms with E-state index < -0.39 is 10.1 Å². The van der Waals surface area contributed by atoms with Crippen LogP contribution in [0.2, 0.25) is 0 Å². The molecule has 0 radical (unpaired) electrons. The van der Waals surface area contributed by atoms with Crippen LogP contribution in [-0.4, -0.2) is 94.3 Å². The molecule has 0 heterocycles. The molecule has 0 saturated heterocycles. The molecule has 0 N–H and O–H groups in total. The summed E-state index contributed by atoms with van der Waals surface area (Å²) in [6.45, 7) is 8.18. The Kier molecular flexibility index (Phi) is 25.9. The maximum atomic E-state index is 11.9. The van der Waals surface area contributed by atoms with E-state index in [2.05, 4.69) is 6.92 Å². The molecule has 0 fully saturated rings. The lowest BCUT2D eigenvalue weighted by Gasteiger charge is -2.08. The molecule has 234 valence electrons. The maximum absolute atomic E-state index is 11.9. The Labute approximate surface area is 243 Å². The quantitative estimate of drug-likeness (QED) is 0.0830. The Morgan fingerprint density at radius 3 is 1.23 bits per heavy atom. The first-order valence-corrected chi connectivity index (χ1v) is 16.5. The average Bonchev–Trinajstić information content (AvgIpc) is 2.97. The normalized spacial score (nSPS) is 11.8. The lowest BCUT2D eigenvalue weighted by atomic mass is 10.1. The molecule has 0 atom stereocenters. The molecule has 0 saturated carbocycles. The SMILES string of the molecule is CCCCCCCCCCCCOCCOCCOCCOCCOCCOCCOS(=O)(=O)c1ccccc1. The minimum Gasteiger partial charge on any atom is -0.379 e. The van der Waals surface area contributed by atoms with Crippen LogP contribution in [0.1, 0.15) is 71.1 Å². The third kappa shape index (κ3) is 23.6. The number of hydrogen-bond acceptors (Lipinski definition) is 9. The highest BCUT2D eigenvalue weighted by Crippen LogP contribution is 2.11. The smallest absolute Gasteiger partial charge is 0.297 e. The minimum atomic E-state index is -3.74. The maximum Gasteiger partial charge on any atom is 0.297 e. The van der Waals surface area contributed by atoms with E-state index in [4.69, 9.17) is 32.6 Å². The summed E-state index contributed by atoms with van der Waals surface area (Å²) < 4.78 is 61.6. The predicted octanol–water partition coefficient (Wildman–Crippen LogP) is 5.41. The molecule has 0 bridgehead atoms. The van der Waals surface area contributed by atoms with Gasteiger partial charge in [0.25, 0.3) is 10.1 Å². The van der Waals surface area contributed by atoms with Crippen molar-refractivity contribution < 1.29 is 41.0 Å². The predicted molar refractivity (Wildman–Crippen MR) is 156 cm³/mol. The number of rotatable bonds is 31. The van der Waals surface area contributed by atoms with Gasteiger partial charge in [0.15, 0.2) is 0 Å². The fourth-order valence-corrected chi connectivity index (χ4v) is 4.67. The number of unbranched alkanes of at least 4 members (excludes halogenated alkanes) is 9. The lowest BCUT2D eigenvalue weighted by molar-refractivity contribution is -0.0178. The lowest BCUT2D eigenvalue weighted by Crippen LogP contribution is -2.15. The zero-order valence-corrected chi connectivity index (χ0v) is 25.5. The van der Waals surface area contributed by atoms with Crippen LogP contribution < -0.4 is 0 Å². The minimum absolute atomic E-state index is 0.0431. The van der Waals surface area contributed by atoms with E-state index >= 15 is 0 Å². The monoisotopic (exact) mass is 590 g/mol. The van der Waals surface area contributed by atoms with Gasteiger partial charge in [-0.2, -0.15) is 8.42 Å². The Balaban J connectivity index is 1.69. The molecule has 1 rings (SSSR count). The van der Waals surface area contributed by atoms with Crippen LogP contribution in [0.15, 0.2) is 35.2 Å². The molecule has 0 aliphatic heterocycles. The number of ether oxygens (including phenoxy) is 6. The molecule has 1 aromatic rings. The van der Waals surface area contributed by atoms with E-state index in [1.165, 1.54) is 69.9 Å². The van der Waals surface area contributed by atoms with Gasteiger partial charge >= 0.3 is 0 Å². The van der Waals surface area contributed by atoms with Gasteiger partial charge in [0.2, 0.25) is 0 Å². The zero-order valence-electron chi connectivity index (χ0n) is 24.7. The van der Waals surface area contributed by atoms with Crippen molar-refractivity contribution in [3.8, 4) is 0 Å². The third-order valence-corrected chi connectivity index (χ3v) is 7.33. The number of benzene rings is 1. The first-order chi connectivity index (χ1) is 19.7. The van der Waals surface area contributed by atoms with Crippen LogP contribution in [0.4, 0.5) is 0 Å². The molecular weight excluding hydrogens is 536 g/mol. The highest BCUT2D eigenvalue weighted by molar-refractivity contribution is 7.86. The molecule has 0 aliphatic rings. The fraction of sp³-hybridized carbons (Fsp3) is 0.800. The Hall–Kier alpha value is -1.11. The zero-order chi connectivity index (χ0) is 28.8. The van der Waals surface area contributed by atoms with E-state index in [-0.39, 0.29) is 18.1 Å². The standard InChI is InChI=1S/C30H54O9S/c1-2-3-4-5-6-7-8-9-10-14-17-33-18-19-34-20-21-35-22-23-36-24-25-37-26-27-38-28-29-39-40(31,32)30-15-12-11-13-16-30/h11-13,15-16H,2-10,14,17-29H2,1H3. The molecule has 10 heteroatoms. The van der Waals surface area contributed by atoms with Crippen LogP contribution >= 0.6 is 0 Å². The average molecular weight is 591 g/mol. The summed E-state index contributed by atoms with van der Waals surface area (Å²) in [6, 6.07) is 8.02. The van der Waals surface area contributed by atoms with Crippen LogP contribution in [0, 0.1) is 0 Å². The van der Waals surface area contributed by atoms with Crippen molar-refractivity contribution >= 4 is 10.1 Å². The van der Waals surface area contributed by atoms with Crippen LogP contribution in [-0.2, 0) is 42.7 Å². The van der Waals surface area contributed by atoms with Crippen molar-refractivity contribution in [2.24, 2.45) is 0 Å². The van der Waals surface area contributed by atoms with Gasteiger partial charge in [-0.3, -0.25) is 4.18 Å². The topological polar surface area (TPSA) is 98.8 Å². The molecule has 0 aromatic heterocycles. The molecule has 0 aliphatic carbocycles. The highest BCUT2D eigenvalue weighted by Gasteiger charge is 2.13. The second-order valence-corrected chi connectivity index (χ2v) is 11.1. The summed E-state index contributed by atoms with van der Waals surface area (Å²) in [4.78, 5) is 0.132. The van der Waals surface area contributed by atoms with Gasteiger partial charge in [0.05, 0.1) is 84.2 Å². The van der Waals surface area contributed by atoms with Gasteiger partial charge < -0.3 is 28.4 Å². The summed E-state index contributed by atoms with van der Waals surface area (Å²) in [5.74, 6) is 0. The molecule has 1 aromatic carbocycles. The van der Waals surface area contributed by atoms with Gasteiger partial charge in [-0.25, -0.2) is 0 Å². The second kappa shape index (κ2) is 28.0. The summed E-state index contributed by atoms with van der Waals surface area (Å²) in [5, 5.41) is 0. The van der Waals surface area contributed by atoms with Gasteiger partial charge in [-0.05, 0) is 18.6 Å². The molecule has 40 heavy (non-hydrogen) atoms. The van der Waals surface area contributed by atoms with Crippen molar-refractivity contribution in [1.29, 1.82) is 0 Å². The van der Waals surface area contributed by atoms with Crippen molar-refractivity contribution in [3.63, 3.8) is 0 Å². The third-order valence-electron chi connectivity index (χ3n) is 6.00. The molecule has 9 nitrogen and oxygen atoms in total. The van der Waals surface area contributed by atoms with Crippen LogP contribution in [0.25, 0.3) is 0 Å². The Bertz CT molecular complexity index is 747. The summed E-state index contributed by atoms with van der Waals surface area (Å²) in [7, 11) is -3.74. The first-order valence-electron chi connectivity index (χ1n) is 15.1. The van der Waals surface area contributed by atoms with E-state index in [9.17, 15) is 8.42 Å². The van der Waals surface area contributed by atoms with Crippen molar-refractivity contribution in [2.75, 3.05) is 85.9 Å². The van der Waals surface area contributed by atoms with Gasteiger partial charge in [0.1, 0.15) is 0 Å². The van der Waals surface area contributed by atoms with Gasteiger partial charge in [0, 0.05) is 6.61 Å². The van der Waals surface area contributed by atoms with Crippen LogP contribution in [0.3, 0.4) is 0 Å². The second-order valence-electron chi connectivity index (χ2n) is 9.45. The summed E-state index contributed by atoms with van der Waals surface area (Å²) in [5.41, 5.74) is 0. The molecule has 0 unspecified atom stereocenters. The van der Waals surface area contributed by atoms with Crippen molar-refractivity contribution in [3.05, 3.63) is 30.3 Å². The summed E-state index contributed by atoms with van der Waals surface area (Å²) >= 11 is 0. The van der Waals surface area contributed by atoms with E-state index in [1.54, 1.807) is 18.2 Å². The summed E-state index contributed by atoms with van der Waals surface area (Å²) in [6.07, 6.45) is 13.3. The largest absolute Gasteiger partial charge is 0.379 e. The van der Waals surface area contributed by atoms with Crippen LogP contribution in [0.5, 0.6) is 0 Å². The number of hydrogen-bond donors (Lipinski definition) is 0. The van der Waals surface area contributed by atoms with E-state index in [1.807, 2.05) is 0 Å². The fourth-order valence-electron chi connectivity index (χ4n) is 3.75. The van der Waals surface area contributed by atoms with Gasteiger partial charge in [-0.15, -0.1) is 0 Å². The Morgan fingerprint density at radius 1 is 0.450 bits per heavy atom. The molecular formula is C30H54O9S. The Morgan fingerprint density at radius 2 is 0.800 bits per heavy atom. The highest BCUT2D eigenvalue weighted by atomic mass is 32.2. The van der Waals surface area contributed by atoms with E-state index in [0.717, 1.165) is 13.0 Å². The molecule has 0 amide bonds.